The van der Waals surface area contributed by atoms with Gasteiger partial charge in [-0.15, -0.1) is 10.2 Å². The normalized spacial score (nSPS) is 11.0. The second-order valence-corrected chi connectivity index (χ2v) is 4.60. The van der Waals surface area contributed by atoms with Crippen molar-refractivity contribution in [2.24, 2.45) is 0 Å². The molecule has 5 nitrogen and oxygen atoms in total. The second kappa shape index (κ2) is 5.71. The van der Waals surface area contributed by atoms with Gasteiger partial charge in [0.2, 0.25) is 0 Å². The number of phenols is 1. The maximum absolute atomic E-state index is 9.67. The molecule has 0 atom stereocenters. The molecule has 2 heterocycles. The molecule has 0 bridgehead atoms. The highest BCUT2D eigenvalue weighted by atomic mass is 16.3. The first-order valence-corrected chi connectivity index (χ1v) is 6.61. The van der Waals surface area contributed by atoms with E-state index in [-0.39, 0.29) is 0 Å². The number of hydrogen-bond acceptors (Lipinski definition) is 4. The van der Waals surface area contributed by atoms with Crippen LogP contribution in [0.3, 0.4) is 0 Å². The van der Waals surface area contributed by atoms with Crippen LogP contribution in [0.1, 0.15) is 11.4 Å². The van der Waals surface area contributed by atoms with E-state index in [9.17, 15) is 5.11 Å². The Balaban J connectivity index is 1.57. The summed E-state index contributed by atoms with van der Waals surface area (Å²) in [5.41, 5.74) is 1.77. The molecule has 102 valence electrons. The Labute approximate surface area is 116 Å². The standard InChI is InChI=1S/C15H16N4O/c20-13-6-2-1-5-12(13)11-16-9-8-15-18-17-14-7-3-4-10-19(14)15/h1-7,10,16,20H,8-9,11H2. The highest BCUT2D eigenvalue weighted by Crippen LogP contribution is 2.14. The minimum atomic E-state index is 0.327. The summed E-state index contributed by atoms with van der Waals surface area (Å²) in [5, 5.41) is 21.3. The van der Waals surface area contributed by atoms with Gasteiger partial charge in [0.25, 0.3) is 0 Å². The summed E-state index contributed by atoms with van der Waals surface area (Å²) < 4.78 is 1.99. The number of para-hydroxylation sites is 1. The summed E-state index contributed by atoms with van der Waals surface area (Å²) in [4.78, 5) is 0. The predicted molar refractivity (Wildman–Crippen MR) is 76.5 cm³/mol. The smallest absolute Gasteiger partial charge is 0.160 e. The molecule has 2 aromatic heterocycles. The zero-order valence-corrected chi connectivity index (χ0v) is 11.0. The van der Waals surface area contributed by atoms with Crippen LogP contribution in [0.25, 0.3) is 5.65 Å². The fourth-order valence-electron chi connectivity index (χ4n) is 2.14. The van der Waals surface area contributed by atoms with Crippen LogP contribution >= 0.6 is 0 Å². The van der Waals surface area contributed by atoms with Crippen molar-refractivity contribution in [1.82, 2.24) is 19.9 Å². The Morgan fingerprint density at radius 1 is 1.05 bits per heavy atom. The van der Waals surface area contributed by atoms with Crippen LogP contribution in [-0.2, 0) is 13.0 Å². The van der Waals surface area contributed by atoms with Gasteiger partial charge in [0, 0.05) is 31.3 Å². The lowest BCUT2D eigenvalue weighted by atomic mass is 10.2. The zero-order chi connectivity index (χ0) is 13.8. The van der Waals surface area contributed by atoms with Crippen molar-refractivity contribution >= 4 is 5.65 Å². The topological polar surface area (TPSA) is 62.5 Å². The average Bonchev–Trinajstić information content (AvgIpc) is 2.89. The molecule has 0 aliphatic carbocycles. The lowest BCUT2D eigenvalue weighted by Crippen LogP contribution is -2.17. The highest BCUT2D eigenvalue weighted by Gasteiger charge is 2.04. The van der Waals surface area contributed by atoms with Crippen LogP contribution in [0.15, 0.2) is 48.7 Å². The van der Waals surface area contributed by atoms with Crippen molar-refractivity contribution in [1.29, 1.82) is 0 Å². The van der Waals surface area contributed by atoms with Crippen LogP contribution in [0.5, 0.6) is 5.75 Å². The Bertz CT molecular complexity index is 708. The molecule has 0 radical (unpaired) electrons. The Morgan fingerprint density at radius 3 is 2.80 bits per heavy atom. The van der Waals surface area contributed by atoms with E-state index in [1.807, 2.05) is 47.0 Å². The molecule has 3 rings (SSSR count). The molecule has 5 heteroatoms. The van der Waals surface area contributed by atoms with Gasteiger partial charge >= 0.3 is 0 Å². The molecule has 20 heavy (non-hydrogen) atoms. The number of aromatic nitrogens is 3. The minimum absolute atomic E-state index is 0.327. The van der Waals surface area contributed by atoms with E-state index in [0.717, 1.165) is 30.0 Å². The van der Waals surface area contributed by atoms with Gasteiger partial charge in [-0.2, -0.15) is 0 Å². The summed E-state index contributed by atoms with van der Waals surface area (Å²) in [7, 11) is 0. The molecule has 0 saturated carbocycles. The molecule has 0 unspecified atom stereocenters. The van der Waals surface area contributed by atoms with E-state index in [2.05, 4.69) is 15.5 Å². The Morgan fingerprint density at radius 2 is 1.90 bits per heavy atom. The van der Waals surface area contributed by atoms with Crippen molar-refractivity contribution in [3.63, 3.8) is 0 Å². The van der Waals surface area contributed by atoms with Gasteiger partial charge in [-0.25, -0.2) is 0 Å². The lowest BCUT2D eigenvalue weighted by Gasteiger charge is -2.06. The molecule has 0 fully saturated rings. The first-order chi connectivity index (χ1) is 9.84. The molecular formula is C15H16N4O. The van der Waals surface area contributed by atoms with E-state index in [0.29, 0.717) is 12.3 Å². The number of nitrogens with one attached hydrogen (secondary N) is 1. The third-order valence-corrected chi connectivity index (χ3v) is 3.22. The summed E-state index contributed by atoms with van der Waals surface area (Å²) >= 11 is 0. The summed E-state index contributed by atoms with van der Waals surface area (Å²) in [6.45, 7) is 1.42. The van der Waals surface area contributed by atoms with Gasteiger partial charge in [-0.1, -0.05) is 24.3 Å². The highest BCUT2D eigenvalue weighted by molar-refractivity contribution is 5.37. The monoisotopic (exact) mass is 268 g/mol. The molecular weight excluding hydrogens is 252 g/mol. The van der Waals surface area contributed by atoms with Crippen molar-refractivity contribution in [2.75, 3.05) is 6.54 Å². The summed E-state index contributed by atoms with van der Waals surface area (Å²) in [6.07, 6.45) is 2.76. The van der Waals surface area contributed by atoms with Gasteiger partial charge < -0.3 is 10.4 Å². The number of benzene rings is 1. The summed E-state index contributed by atoms with van der Waals surface area (Å²) in [6, 6.07) is 13.2. The Hall–Kier alpha value is -2.40. The summed E-state index contributed by atoms with van der Waals surface area (Å²) in [5.74, 6) is 1.26. The van der Waals surface area contributed by atoms with Gasteiger partial charge in [0.15, 0.2) is 5.65 Å². The SMILES string of the molecule is Oc1ccccc1CNCCc1nnc2ccccn12. The molecule has 3 aromatic rings. The second-order valence-electron chi connectivity index (χ2n) is 4.60. The van der Waals surface area contributed by atoms with Crippen LogP contribution in [0.4, 0.5) is 0 Å². The molecule has 0 aliphatic heterocycles. The molecule has 1 aromatic carbocycles. The first-order valence-electron chi connectivity index (χ1n) is 6.61. The number of rotatable bonds is 5. The molecule has 2 N–H and O–H groups in total. The van der Waals surface area contributed by atoms with Crippen LogP contribution in [0, 0.1) is 0 Å². The first kappa shape index (κ1) is 12.6. The quantitative estimate of drug-likeness (QED) is 0.692. The van der Waals surface area contributed by atoms with Crippen LogP contribution in [0.2, 0.25) is 0 Å². The molecule has 0 spiro atoms. The number of fused-ring (bicyclic) bond motifs is 1. The minimum Gasteiger partial charge on any atom is -0.508 e. The average molecular weight is 268 g/mol. The van der Waals surface area contributed by atoms with Crippen LogP contribution < -0.4 is 5.32 Å². The number of pyridine rings is 1. The van der Waals surface area contributed by atoms with E-state index < -0.39 is 0 Å². The molecule has 0 saturated heterocycles. The number of nitrogens with zero attached hydrogens (tertiary/aromatic N) is 3. The van der Waals surface area contributed by atoms with E-state index in [1.165, 1.54) is 0 Å². The Kier molecular flexibility index (Phi) is 3.60. The van der Waals surface area contributed by atoms with Crippen LogP contribution in [-0.4, -0.2) is 26.2 Å². The fourth-order valence-corrected chi connectivity index (χ4v) is 2.14. The third-order valence-electron chi connectivity index (χ3n) is 3.22. The molecule has 0 amide bonds. The number of aromatic hydroxyl groups is 1. The zero-order valence-electron chi connectivity index (χ0n) is 11.0. The van der Waals surface area contributed by atoms with Crippen molar-refractivity contribution in [2.45, 2.75) is 13.0 Å². The molecule has 0 aliphatic rings. The number of hydrogen-bond donors (Lipinski definition) is 2. The van der Waals surface area contributed by atoms with Gasteiger partial charge in [0.1, 0.15) is 11.6 Å². The van der Waals surface area contributed by atoms with E-state index in [4.69, 9.17) is 0 Å². The maximum atomic E-state index is 9.67. The van der Waals surface area contributed by atoms with Gasteiger partial charge in [-0.3, -0.25) is 4.40 Å². The maximum Gasteiger partial charge on any atom is 0.160 e. The van der Waals surface area contributed by atoms with Crippen molar-refractivity contribution < 1.29 is 5.11 Å². The van der Waals surface area contributed by atoms with E-state index >= 15 is 0 Å². The van der Waals surface area contributed by atoms with Gasteiger partial charge in [0.05, 0.1) is 0 Å². The number of phenolic OH excluding ortho intramolecular Hbond substituents is 1. The lowest BCUT2D eigenvalue weighted by molar-refractivity contribution is 0.464. The predicted octanol–water partition coefficient (Wildman–Crippen LogP) is 1.77. The van der Waals surface area contributed by atoms with E-state index in [1.54, 1.807) is 6.07 Å². The van der Waals surface area contributed by atoms with Gasteiger partial charge in [-0.05, 0) is 18.2 Å². The largest absolute Gasteiger partial charge is 0.508 e. The fraction of sp³-hybridized carbons (Fsp3) is 0.200. The van der Waals surface area contributed by atoms with Crippen molar-refractivity contribution in [3.05, 3.63) is 60.0 Å². The third kappa shape index (κ3) is 2.62. The van der Waals surface area contributed by atoms with Crippen molar-refractivity contribution in [3.8, 4) is 5.75 Å².